The zero-order chi connectivity index (χ0) is 15.9. The molecule has 22 heavy (non-hydrogen) atoms. The van der Waals surface area contributed by atoms with Crippen LogP contribution in [0.15, 0.2) is 42.5 Å². The summed E-state index contributed by atoms with van der Waals surface area (Å²) in [5, 5.41) is 20.1. The number of aryl methyl sites for hydroxylation is 1. The van der Waals surface area contributed by atoms with Gasteiger partial charge in [0.25, 0.3) is 0 Å². The van der Waals surface area contributed by atoms with Gasteiger partial charge >= 0.3 is 0 Å². The van der Waals surface area contributed by atoms with Crippen molar-refractivity contribution in [3.8, 4) is 22.8 Å². The highest BCUT2D eigenvalue weighted by Crippen LogP contribution is 2.36. The minimum Gasteiger partial charge on any atom is -0.508 e. The lowest BCUT2D eigenvalue weighted by molar-refractivity contribution is 0.101. The third kappa shape index (κ3) is 2.13. The van der Waals surface area contributed by atoms with Crippen LogP contribution >= 0.6 is 0 Å². The van der Waals surface area contributed by atoms with E-state index in [0.717, 1.165) is 22.2 Å². The van der Waals surface area contributed by atoms with Gasteiger partial charge in [0.15, 0.2) is 5.78 Å². The van der Waals surface area contributed by atoms with Crippen LogP contribution in [0.25, 0.3) is 22.2 Å². The summed E-state index contributed by atoms with van der Waals surface area (Å²) in [5.74, 6) is 0.336. The Hall–Kier alpha value is -2.75. The first-order valence-corrected chi connectivity index (χ1v) is 7.18. The minimum absolute atomic E-state index is 0.0223. The number of rotatable bonds is 3. The number of aromatic hydroxyl groups is 2. The molecule has 112 valence electrons. The van der Waals surface area contributed by atoms with E-state index >= 15 is 0 Å². The highest BCUT2D eigenvalue weighted by atomic mass is 16.3. The second-order valence-electron chi connectivity index (χ2n) is 5.27. The molecule has 0 amide bonds. The van der Waals surface area contributed by atoms with E-state index in [2.05, 4.69) is 0 Å². The summed E-state index contributed by atoms with van der Waals surface area (Å²) in [6.45, 7) is 4.21. The third-order valence-corrected chi connectivity index (χ3v) is 3.86. The van der Waals surface area contributed by atoms with Crippen LogP contribution in [-0.4, -0.2) is 20.6 Å². The first kappa shape index (κ1) is 14.2. The summed E-state index contributed by atoms with van der Waals surface area (Å²) < 4.78 is 2.01. The number of benzene rings is 2. The van der Waals surface area contributed by atoms with Crippen molar-refractivity contribution in [2.45, 2.75) is 20.4 Å². The average molecular weight is 295 g/mol. The molecular formula is C18H17NO3. The van der Waals surface area contributed by atoms with Gasteiger partial charge in [0.1, 0.15) is 11.5 Å². The van der Waals surface area contributed by atoms with Crippen LogP contribution in [0, 0.1) is 0 Å². The number of Topliss-reactive ketones (excluding diaryl/α,β-unsaturated/α-hetero) is 1. The van der Waals surface area contributed by atoms with Gasteiger partial charge in [-0.15, -0.1) is 0 Å². The summed E-state index contributed by atoms with van der Waals surface area (Å²) >= 11 is 0. The highest BCUT2D eigenvalue weighted by Gasteiger charge is 2.21. The van der Waals surface area contributed by atoms with Crippen LogP contribution in [0.4, 0.5) is 0 Å². The van der Waals surface area contributed by atoms with Gasteiger partial charge < -0.3 is 14.8 Å². The Labute approximate surface area is 128 Å². The fourth-order valence-corrected chi connectivity index (χ4v) is 2.94. The van der Waals surface area contributed by atoms with Crippen LogP contribution in [0.3, 0.4) is 0 Å². The molecule has 4 heteroatoms. The molecule has 0 saturated carbocycles. The van der Waals surface area contributed by atoms with Crippen LogP contribution < -0.4 is 0 Å². The van der Waals surface area contributed by atoms with Crippen molar-refractivity contribution < 1.29 is 15.0 Å². The van der Waals surface area contributed by atoms with E-state index in [9.17, 15) is 15.0 Å². The summed E-state index contributed by atoms with van der Waals surface area (Å²) in [4.78, 5) is 12.2. The molecule has 3 rings (SSSR count). The van der Waals surface area contributed by atoms with Crippen molar-refractivity contribution in [2.75, 3.05) is 0 Å². The standard InChI is InChI=1S/C18H17NO3/c1-3-19-16-10-14(22)8-9-15(16)17(11(2)20)18(19)12-4-6-13(21)7-5-12/h4-10,21-22H,3H2,1-2H3. The van der Waals surface area contributed by atoms with E-state index in [-0.39, 0.29) is 17.3 Å². The second kappa shape index (κ2) is 5.22. The number of hydrogen-bond donors (Lipinski definition) is 2. The fraction of sp³-hybridized carbons (Fsp3) is 0.167. The van der Waals surface area contributed by atoms with Crippen LogP contribution in [0.5, 0.6) is 11.5 Å². The Morgan fingerprint density at radius 2 is 1.68 bits per heavy atom. The van der Waals surface area contributed by atoms with E-state index < -0.39 is 0 Å². The summed E-state index contributed by atoms with van der Waals surface area (Å²) in [7, 11) is 0. The fourth-order valence-electron chi connectivity index (χ4n) is 2.94. The van der Waals surface area contributed by atoms with Crippen molar-refractivity contribution in [1.82, 2.24) is 4.57 Å². The molecule has 1 heterocycles. The van der Waals surface area contributed by atoms with Gasteiger partial charge in [-0.05, 0) is 55.8 Å². The van der Waals surface area contributed by atoms with Gasteiger partial charge in [-0.3, -0.25) is 4.79 Å². The number of phenolic OH excluding ortho intramolecular Hbond substituents is 2. The third-order valence-electron chi connectivity index (χ3n) is 3.86. The molecule has 0 saturated heterocycles. The molecule has 0 atom stereocenters. The van der Waals surface area contributed by atoms with Crippen molar-refractivity contribution in [3.63, 3.8) is 0 Å². The summed E-state index contributed by atoms with van der Waals surface area (Å²) in [6, 6.07) is 11.8. The van der Waals surface area contributed by atoms with Gasteiger partial charge in [0.2, 0.25) is 0 Å². The van der Waals surface area contributed by atoms with Crippen molar-refractivity contribution in [2.24, 2.45) is 0 Å². The lowest BCUT2D eigenvalue weighted by Crippen LogP contribution is -2.00. The monoisotopic (exact) mass is 295 g/mol. The number of nitrogens with zero attached hydrogens (tertiary/aromatic N) is 1. The van der Waals surface area contributed by atoms with Crippen LogP contribution in [0.1, 0.15) is 24.2 Å². The zero-order valence-electron chi connectivity index (χ0n) is 12.5. The minimum atomic E-state index is -0.0223. The van der Waals surface area contributed by atoms with Crippen molar-refractivity contribution >= 4 is 16.7 Å². The molecule has 1 aromatic heterocycles. The van der Waals surface area contributed by atoms with E-state index in [1.165, 1.54) is 0 Å². The first-order chi connectivity index (χ1) is 10.5. The Balaban J connectivity index is 2.43. The number of carbonyl (C=O) groups excluding carboxylic acids is 1. The molecule has 0 aliphatic rings. The molecule has 0 unspecified atom stereocenters. The van der Waals surface area contributed by atoms with Crippen molar-refractivity contribution in [3.05, 3.63) is 48.0 Å². The Bertz CT molecular complexity index is 860. The maximum atomic E-state index is 12.2. The highest BCUT2D eigenvalue weighted by molar-refractivity contribution is 6.13. The summed E-state index contributed by atoms with van der Waals surface area (Å²) in [6.07, 6.45) is 0. The zero-order valence-corrected chi connectivity index (χ0v) is 12.5. The molecule has 4 nitrogen and oxygen atoms in total. The van der Waals surface area contributed by atoms with E-state index in [4.69, 9.17) is 0 Å². The molecule has 3 aromatic rings. The Morgan fingerprint density at radius 1 is 1.05 bits per heavy atom. The quantitative estimate of drug-likeness (QED) is 0.719. The number of ketones is 1. The lowest BCUT2D eigenvalue weighted by Gasteiger charge is -2.10. The lowest BCUT2D eigenvalue weighted by atomic mass is 10.0. The van der Waals surface area contributed by atoms with E-state index in [1.54, 1.807) is 49.4 Å². The van der Waals surface area contributed by atoms with Crippen LogP contribution in [0.2, 0.25) is 0 Å². The number of carbonyl (C=O) groups is 1. The molecular weight excluding hydrogens is 278 g/mol. The van der Waals surface area contributed by atoms with Crippen LogP contribution in [-0.2, 0) is 6.54 Å². The predicted molar refractivity (Wildman–Crippen MR) is 86.4 cm³/mol. The maximum absolute atomic E-state index is 12.2. The topological polar surface area (TPSA) is 62.5 Å². The van der Waals surface area contributed by atoms with Gasteiger partial charge in [-0.2, -0.15) is 0 Å². The largest absolute Gasteiger partial charge is 0.508 e. The molecule has 2 N–H and O–H groups in total. The van der Waals surface area contributed by atoms with Gasteiger partial charge in [-0.25, -0.2) is 0 Å². The molecule has 2 aromatic carbocycles. The molecule has 0 aliphatic carbocycles. The first-order valence-electron chi connectivity index (χ1n) is 7.18. The van der Waals surface area contributed by atoms with E-state index in [1.807, 2.05) is 11.5 Å². The molecule has 0 bridgehead atoms. The molecule has 0 aliphatic heterocycles. The number of phenols is 2. The predicted octanol–water partition coefficient (Wildman–Crippen LogP) is 3.94. The average Bonchev–Trinajstić information content (AvgIpc) is 2.81. The number of aromatic nitrogens is 1. The van der Waals surface area contributed by atoms with Crippen molar-refractivity contribution in [1.29, 1.82) is 0 Å². The van der Waals surface area contributed by atoms with Gasteiger partial charge in [0, 0.05) is 18.0 Å². The Morgan fingerprint density at radius 3 is 2.27 bits per heavy atom. The number of fused-ring (bicyclic) bond motifs is 1. The maximum Gasteiger partial charge on any atom is 0.162 e. The second-order valence-corrected chi connectivity index (χ2v) is 5.27. The van der Waals surface area contributed by atoms with Gasteiger partial charge in [-0.1, -0.05) is 0 Å². The molecule has 0 spiro atoms. The Kier molecular flexibility index (Phi) is 3.37. The smallest absolute Gasteiger partial charge is 0.162 e. The summed E-state index contributed by atoms with van der Waals surface area (Å²) in [5.41, 5.74) is 3.15. The normalized spacial score (nSPS) is 11.0. The molecule has 0 fully saturated rings. The van der Waals surface area contributed by atoms with Gasteiger partial charge in [0.05, 0.1) is 16.8 Å². The van der Waals surface area contributed by atoms with E-state index in [0.29, 0.717) is 12.1 Å². The SMILES string of the molecule is CCn1c(-c2ccc(O)cc2)c(C(C)=O)c2ccc(O)cc21. The molecule has 0 radical (unpaired) electrons. The number of hydrogen-bond acceptors (Lipinski definition) is 3.